The molecule has 0 bridgehead atoms. The lowest BCUT2D eigenvalue weighted by Crippen LogP contribution is -2.17. The molecule has 0 amide bonds. The van der Waals surface area contributed by atoms with Crippen molar-refractivity contribution in [2.45, 2.75) is 45.6 Å². The lowest BCUT2D eigenvalue weighted by molar-refractivity contribution is 0.165. The normalized spacial score (nSPS) is 13.2. The molecular weight excluding hydrogens is 242 g/mol. The first kappa shape index (κ1) is 15.6. The molecule has 1 unspecified atom stereocenters. The maximum atomic E-state index is 10.2. The third-order valence-corrected chi connectivity index (χ3v) is 3.27. The Balaban J connectivity index is 3.62. The zero-order chi connectivity index (χ0) is 14.8. The summed E-state index contributed by atoms with van der Waals surface area (Å²) in [7, 11) is 3.15. The minimum atomic E-state index is -0.652. The fourth-order valence-electron chi connectivity index (χ4n) is 2.19. The molecule has 3 N–H and O–H groups in total. The maximum absolute atomic E-state index is 10.2. The Hall–Kier alpha value is -1.42. The summed E-state index contributed by atoms with van der Waals surface area (Å²) in [6.07, 6.45) is -0.0812. The van der Waals surface area contributed by atoms with E-state index in [0.29, 0.717) is 29.2 Å². The van der Waals surface area contributed by atoms with E-state index in [4.69, 9.17) is 15.2 Å². The van der Waals surface area contributed by atoms with Crippen molar-refractivity contribution >= 4 is 5.69 Å². The fourth-order valence-corrected chi connectivity index (χ4v) is 2.19. The van der Waals surface area contributed by atoms with Gasteiger partial charge in [0.1, 0.15) is 5.75 Å². The van der Waals surface area contributed by atoms with Gasteiger partial charge in [-0.25, -0.2) is 0 Å². The molecule has 4 nitrogen and oxygen atoms in total. The van der Waals surface area contributed by atoms with Crippen molar-refractivity contribution < 1.29 is 14.6 Å². The molecule has 1 rings (SSSR count). The SMILES string of the molecule is CCC(O)c1c(OC)cc(C(C)(C)C)c(N)c1OC. The van der Waals surface area contributed by atoms with Crippen LogP contribution in [0.4, 0.5) is 5.69 Å². The highest BCUT2D eigenvalue weighted by Crippen LogP contribution is 2.45. The van der Waals surface area contributed by atoms with Gasteiger partial charge in [0.2, 0.25) is 0 Å². The summed E-state index contributed by atoms with van der Waals surface area (Å²) in [6, 6.07) is 1.89. The molecule has 1 atom stereocenters. The van der Waals surface area contributed by atoms with Crippen LogP contribution in [-0.2, 0) is 5.41 Å². The molecule has 0 heterocycles. The maximum Gasteiger partial charge on any atom is 0.151 e. The van der Waals surface area contributed by atoms with Crippen LogP contribution < -0.4 is 15.2 Å². The second-order valence-electron chi connectivity index (χ2n) is 5.66. The number of hydrogen-bond donors (Lipinski definition) is 2. The summed E-state index contributed by atoms with van der Waals surface area (Å²) in [4.78, 5) is 0. The Morgan fingerprint density at radius 2 is 1.84 bits per heavy atom. The first-order chi connectivity index (χ1) is 8.77. The van der Waals surface area contributed by atoms with Gasteiger partial charge < -0.3 is 20.3 Å². The second-order valence-corrected chi connectivity index (χ2v) is 5.66. The summed E-state index contributed by atoms with van der Waals surface area (Å²) < 4.78 is 10.8. The number of rotatable bonds is 4. The molecule has 0 saturated heterocycles. The Morgan fingerprint density at radius 3 is 2.21 bits per heavy atom. The lowest BCUT2D eigenvalue weighted by atomic mass is 9.84. The predicted octanol–water partition coefficient (Wildman–Crippen LogP) is 3.03. The highest BCUT2D eigenvalue weighted by Gasteiger charge is 2.27. The third-order valence-electron chi connectivity index (χ3n) is 3.27. The molecule has 0 aliphatic rings. The number of methoxy groups -OCH3 is 2. The van der Waals surface area contributed by atoms with Crippen molar-refractivity contribution in [3.8, 4) is 11.5 Å². The monoisotopic (exact) mass is 267 g/mol. The van der Waals surface area contributed by atoms with Crippen LogP contribution in [0, 0.1) is 0 Å². The van der Waals surface area contributed by atoms with Gasteiger partial charge in [0.05, 0.1) is 31.6 Å². The molecule has 1 aromatic carbocycles. The van der Waals surface area contributed by atoms with Gasteiger partial charge in [0.25, 0.3) is 0 Å². The number of nitrogens with two attached hydrogens (primary N) is 1. The van der Waals surface area contributed by atoms with Crippen molar-refractivity contribution in [1.29, 1.82) is 0 Å². The number of anilines is 1. The van der Waals surface area contributed by atoms with Crippen molar-refractivity contribution in [3.05, 3.63) is 17.2 Å². The van der Waals surface area contributed by atoms with E-state index in [0.717, 1.165) is 5.56 Å². The van der Waals surface area contributed by atoms with Gasteiger partial charge in [-0.15, -0.1) is 0 Å². The zero-order valence-corrected chi connectivity index (χ0v) is 12.7. The minimum Gasteiger partial charge on any atom is -0.496 e. The van der Waals surface area contributed by atoms with E-state index in [2.05, 4.69) is 20.8 Å². The number of aliphatic hydroxyl groups excluding tert-OH is 1. The first-order valence-electron chi connectivity index (χ1n) is 6.50. The summed E-state index contributed by atoms with van der Waals surface area (Å²) >= 11 is 0. The Morgan fingerprint density at radius 1 is 1.26 bits per heavy atom. The average Bonchev–Trinajstić information content (AvgIpc) is 2.35. The molecule has 0 fully saturated rings. The number of aliphatic hydroxyl groups is 1. The van der Waals surface area contributed by atoms with Crippen LogP contribution in [0.25, 0.3) is 0 Å². The van der Waals surface area contributed by atoms with Gasteiger partial charge in [-0.1, -0.05) is 27.7 Å². The van der Waals surface area contributed by atoms with Crippen molar-refractivity contribution in [2.75, 3.05) is 20.0 Å². The molecule has 0 radical (unpaired) electrons. The second kappa shape index (κ2) is 5.70. The van der Waals surface area contributed by atoms with E-state index >= 15 is 0 Å². The summed E-state index contributed by atoms with van der Waals surface area (Å²) in [5, 5.41) is 10.2. The smallest absolute Gasteiger partial charge is 0.151 e. The molecule has 0 saturated carbocycles. The van der Waals surface area contributed by atoms with Crippen molar-refractivity contribution in [1.82, 2.24) is 0 Å². The standard InChI is InChI=1S/C15H25NO3/c1-7-10(17)12-11(18-5)8-9(15(2,3)4)13(16)14(12)19-6/h8,10,17H,7,16H2,1-6H3. The van der Waals surface area contributed by atoms with Crippen LogP contribution in [0.1, 0.15) is 51.3 Å². The van der Waals surface area contributed by atoms with Crippen LogP contribution >= 0.6 is 0 Å². The average molecular weight is 267 g/mol. The number of ether oxygens (including phenoxy) is 2. The molecule has 4 heteroatoms. The first-order valence-corrected chi connectivity index (χ1v) is 6.50. The van der Waals surface area contributed by atoms with Crippen LogP contribution in [0.3, 0.4) is 0 Å². The minimum absolute atomic E-state index is 0.125. The van der Waals surface area contributed by atoms with Gasteiger partial charge in [-0.3, -0.25) is 0 Å². The molecule has 108 valence electrons. The Labute approximate surface area is 115 Å². The van der Waals surface area contributed by atoms with Gasteiger partial charge in [-0.05, 0) is 23.5 Å². The van der Waals surface area contributed by atoms with Gasteiger partial charge in [0, 0.05) is 0 Å². The highest BCUT2D eigenvalue weighted by molar-refractivity contribution is 5.68. The fraction of sp³-hybridized carbons (Fsp3) is 0.600. The van der Waals surface area contributed by atoms with E-state index in [1.165, 1.54) is 0 Å². The van der Waals surface area contributed by atoms with Gasteiger partial charge in [0.15, 0.2) is 5.75 Å². The van der Waals surface area contributed by atoms with Gasteiger partial charge >= 0.3 is 0 Å². The van der Waals surface area contributed by atoms with Crippen molar-refractivity contribution in [3.63, 3.8) is 0 Å². The van der Waals surface area contributed by atoms with Gasteiger partial charge in [-0.2, -0.15) is 0 Å². The molecule has 19 heavy (non-hydrogen) atoms. The van der Waals surface area contributed by atoms with Crippen LogP contribution in [0.2, 0.25) is 0 Å². The highest BCUT2D eigenvalue weighted by atomic mass is 16.5. The predicted molar refractivity (Wildman–Crippen MR) is 77.9 cm³/mol. The van der Waals surface area contributed by atoms with Crippen molar-refractivity contribution in [2.24, 2.45) is 0 Å². The topological polar surface area (TPSA) is 64.7 Å². The van der Waals surface area contributed by atoms with E-state index in [1.54, 1.807) is 14.2 Å². The lowest BCUT2D eigenvalue weighted by Gasteiger charge is -2.27. The quantitative estimate of drug-likeness (QED) is 0.823. The summed E-state index contributed by atoms with van der Waals surface area (Å²) in [6.45, 7) is 8.13. The molecular formula is C15H25NO3. The van der Waals surface area contributed by atoms with E-state index < -0.39 is 6.10 Å². The third kappa shape index (κ3) is 2.95. The molecule has 0 aliphatic heterocycles. The molecule has 0 aromatic heterocycles. The molecule has 1 aromatic rings. The van der Waals surface area contributed by atoms with Crippen LogP contribution in [-0.4, -0.2) is 19.3 Å². The number of hydrogen-bond acceptors (Lipinski definition) is 4. The van der Waals surface area contributed by atoms with E-state index in [1.807, 2.05) is 13.0 Å². The Bertz CT molecular complexity index is 450. The molecule has 0 spiro atoms. The zero-order valence-electron chi connectivity index (χ0n) is 12.7. The Kier molecular flexibility index (Phi) is 4.69. The number of benzene rings is 1. The largest absolute Gasteiger partial charge is 0.496 e. The van der Waals surface area contributed by atoms with E-state index in [9.17, 15) is 5.11 Å². The number of nitrogen functional groups attached to an aromatic ring is 1. The molecule has 0 aliphatic carbocycles. The summed E-state index contributed by atoms with van der Waals surface area (Å²) in [5.41, 5.74) is 8.22. The summed E-state index contributed by atoms with van der Waals surface area (Å²) in [5.74, 6) is 1.13. The van der Waals surface area contributed by atoms with E-state index in [-0.39, 0.29) is 5.41 Å². The van der Waals surface area contributed by atoms with Crippen LogP contribution in [0.15, 0.2) is 6.07 Å². The van der Waals surface area contributed by atoms with Crippen LogP contribution in [0.5, 0.6) is 11.5 Å².